The maximum atomic E-state index is 13.1. The topological polar surface area (TPSA) is 24.9 Å². The van der Waals surface area contributed by atoms with Crippen LogP contribution in [-0.4, -0.2) is 12.0 Å². The highest BCUT2D eigenvalue weighted by atomic mass is 32.1. The number of hydrogen-bond acceptors (Lipinski definition) is 3. The Bertz CT molecular complexity index is 482. The Morgan fingerprint density at radius 2 is 2.29 bits per heavy atom. The highest BCUT2D eigenvalue weighted by Crippen LogP contribution is 2.23. The van der Waals surface area contributed by atoms with Gasteiger partial charge >= 0.3 is 0 Å². The van der Waals surface area contributed by atoms with Crippen LogP contribution in [0.15, 0.2) is 29.8 Å². The Labute approximate surface area is 105 Å². The molecule has 1 heterocycles. The lowest BCUT2D eigenvalue weighted by molar-refractivity contribution is 0.580. The zero-order chi connectivity index (χ0) is 12.3. The molecule has 17 heavy (non-hydrogen) atoms. The van der Waals surface area contributed by atoms with Crippen molar-refractivity contribution in [3.05, 3.63) is 51.7 Å². The number of aromatic nitrogens is 1. The predicted molar refractivity (Wildman–Crippen MR) is 68.8 cm³/mol. The molecule has 0 bridgehead atoms. The van der Waals surface area contributed by atoms with Gasteiger partial charge in [-0.3, -0.25) is 0 Å². The molecule has 0 aliphatic rings. The molecule has 0 spiro atoms. The molecular weight excluding hydrogens is 235 g/mol. The van der Waals surface area contributed by atoms with Crippen LogP contribution in [0.1, 0.15) is 22.2 Å². The SMILES string of the molecule is CNC(Cc1nccs1)c1ccc(F)cc1C. The average molecular weight is 250 g/mol. The summed E-state index contributed by atoms with van der Waals surface area (Å²) in [4.78, 5) is 4.28. The van der Waals surface area contributed by atoms with Crippen molar-refractivity contribution in [1.29, 1.82) is 0 Å². The third-order valence-electron chi connectivity index (χ3n) is 2.82. The van der Waals surface area contributed by atoms with E-state index in [1.807, 2.05) is 31.6 Å². The van der Waals surface area contributed by atoms with Crippen molar-refractivity contribution >= 4 is 11.3 Å². The van der Waals surface area contributed by atoms with Gasteiger partial charge in [-0.1, -0.05) is 6.07 Å². The number of hydrogen-bond donors (Lipinski definition) is 1. The van der Waals surface area contributed by atoms with Gasteiger partial charge < -0.3 is 5.32 Å². The summed E-state index contributed by atoms with van der Waals surface area (Å²) >= 11 is 1.65. The van der Waals surface area contributed by atoms with Crippen molar-refractivity contribution in [1.82, 2.24) is 10.3 Å². The smallest absolute Gasteiger partial charge is 0.123 e. The van der Waals surface area contributed by atoms with Gasteiger partial charge in [0.05, 0.1) is 5.01 Å². The molecule has 0 saturated carbocycles. The standard InChI is InChI=1S/C13H15FN2S/c1-9-7-10(14)3-4-11(9)12(15-2)8-13-16-5-6-17-13/h3-7,12,15H,8H2,1-2H3. The Morgan fingerprint density at radius 3 is 2.88 bits per heavy atom. The van der Waals surface area contributed by atoms with E-state index in [0.29, 0.717) is 0 Å². The van der Waals surface area contributed by atoms with E-state index in [9.17, 15) is 4.39 Å². The second kappa shape index (κ2) is 5.38. The van der Waals surface area contributed by atoms with E-state index in [-0.39, 0.29) is 11.9 Å². The van der Waals surface area contributed by atoms with E-state index in [2.05, 4.69) is 10.3 Å². The summed E-state index contributed by atoms with van der Waals surface area (Å²) in [5.41, 5.74) is 2.10. The van der Waals surface area contributed by atoms with Gasteiger partial charge in [-0.25, -0.2) is 9.37 Å². The lowest BCUT2D eigenvalue weighted by Gasteiger charge is -2.17. The number of nitrogens with one attached hydrogen (secondary N) is 1. The molecule has 0 radical (unpaired) electrons. The third-order valence-corrected chi connectivity index (χ3v) is 3.62. The summed E-state index contributed by atoms with van der Waals surface area (Å²) in [5.74, 6) is -0.185. The van der Waals surface area contributed by atoms with Crippen LogP contribution in [0.4, 0.5) is 4.39 Å². The van der Waals surface area contributed by atoms with Crippen LogP contribution in [0, 0.1) is 12.7 Å². The first-order chi connectivity index (χ1) is 8.20. The summed E-state index contributed by atoms with van der Waals surface area (Å²) < 4.78 is 13.1. The van der Waals surface area contributed by atoms with E-state index >= 15 is 0 Å². The number of likely N-dealkylation sites (N-methyl/N-ethyl adjacent to an activating group) is 1. The summed E-state index contributed by atoms with van der Waals surface area (Å²) in [6.07, 6.45) is 2.64. The van der Waals surface area contributed by atoms with Gasteiger partial charge in [0.25, 0.3) is 0 Å². The van der Waals surface area contributed by atoms with Crippen LogP contribution in [0.2, 0.25) is 0 Å². The predicted octanol–water partition coefficient (Wildman–Crippen LogP) is 3.09. The third kappa shape index (κ3) is 2.90. The van der Waals surface area contributed by atoms with Crippen molar-refractivity contribution in [2.75, 3.05) is 7.05 Å². The average Bonchev–Trinajstić information content (AvgIpc) is 2.79. The van der Waals surface area contributed by atoms with Gasteiger partial charge in [0, 0.05) is 24.0 Å². The monoisotopic (exact) mass is 250 g/mol. The van der Waals surface area contributed by atoms with Crippen LogP contribution in [-0.2, 0) is 6.42 Å². The van der Waals surface area contributed by atoms with Crippen molar-refractivity contribution in [3.63, 3.8) is 0 Å². The van der Waals surface area contributed by atoms with Crippen LogP contribution in [0.25, 0.3) is 0 Å². The van der Waals surface area contributed by atoms with Crippen molar-refractivity contribution in [2.45, 2.75) is 19.4 Å². The summed E-state index contributed by atoms with van der Waals surface area (Å²) in [5, 5.41) is 6.32. The molecule has 2 nitrogen and oxygen atoms in total. The Morgan fingerprint density at radius 1 is 1.47 bits per heavy atom. The molecule has 2 aromatic rings. The van der Waals surface area contributed by atoms with Gasteiger partial charge in [-0.2, -0.15) is 0 Å². The van der Waals surface area contributed by atoms with Crippen molar-refractivity contribution < 1.29 is 4.39 Å². The number of nitrogens with zero attached hydrogens (tertiary/aromatic N) is 1. The molecule has 0 aliphatic heterocycles. The fraction of sp³-hybridized carbons (Fsp3) is 0.308. The van der Waals surface area contributed by atoms with Crippen molar-refractivity contribution in [3.8, 4) is 0 Å². The van der Waals surface area contributed by atoms with Crippen molar-refractivity contribution in [2.24, 2.45) is 0 Å². The minimum Gasteiger partial charge on any atom is -0.313 e. The fourth-order valence-corrected chi connectivity index (χ4v) is 2.59. The molecule has 90 valence electrons. The molecule has 0 saturated heterocycles. The van der Waals surface area contributed by atoms with Gasteiger partial charge in [0.1, 0.15) is 5.82 Å². The minimum absolute atomic E-state index is 0.182. The molecule has 1 aromatic carbocycles. The van der Waals surface area contributed by atoms with Crippen LogP contribution in [0.3, 0.4) is 0 Å². The number of rotatable bonds is 4. The molecular formula is C13H15FN2S. The van der Waals surface area contributed by atoms with Crippen LogP contribution in [0.5, 0.6) is 0 Å². The maximum Gasteiger partial charge on any atom is 0.123 e. The summed E-state index contributed by atoms with van der Waals surface area (Å²) in [7, 11) is 1.92. The Balaban J connectivity index is 2.23. The summed E-state index contributed by atoms with van der Waals surface area (Å²) in [6.45, 7) is 1.94. The molecule has 1 unspecified atom stereocenters. The number of benzene rings is 1. The van der Waals surface area contributed by atoms with E-state index < -0.39 is 0 Å². The largest absolute Gasteiger partial charge is 0.313 e. The first-order valence-electron chi connectivity index (χ1n) is 5.52. The van der Waals surface area contributed by atoms with E-state index in [0.717, 1.165) is 22.6 Å². The number of halogens is 1. The molecule has 1 atom stereocenters. The highest BCUT2D eigenvalue weighted by molar-refractivity contribution is 7.09. The number of aryl methyl sites for hydroxylation is 1. The molecule has 1 N–H and O–H groups in total. The molecule has 0 aliphatic carbocycles. The summed E-state index contributed by atoms with van der Waals surface area (Å²) in [6, 6.07) is 5.11. The van der Waals surface area contributed by atoms with E-state index in [4.69, 9.17) is 0 Å². The molecule has 1 aromatic heterocycles. The van der Waals surface area contributed by atoms with E-state index in [1.165, 1.54) is 6.07 Å². The van der Waals surface area contributed by atoms with Gasteiger partial charge in [0.2, 0.25) is 0 Å². The van der Waals surface area contributed by atoms with Crippen LogP contribution >= 0.6 is 11.3 Å². The van der Waals surface area contributed by atoms with Gasteiger partial charge in [0.15, 0.2) is 0 Å². The van der Waals surface area contributed by atoms with Crippen LogP contribution < -0.4 is 5.32 Å². The Hall–Kier alpha value is -1.26. The normalized spacial score (nSPS) is 12.6. The quantitative estimate of drug-likeness (QED) is 0.902. The lowest BCUT2D eigenvalue weighted by atomic mass is 9.99. The second-order valence-corrected chi connectivity index (χ2v) is 4.95. The van der Waals surface area contributed by atoms with E-state index in [1.54, 1.807) is 17.4 Å². The molecule has 4 heteroatoms. The molecule has 2 rings (SSSR count). The maximum absolute atomic E-state index is 13.1. The van der Waals surface area contributed by atoms with Gasteiger partial charge in [-0.05, 0) is 37.2 Å². The molecule has 0 fully saturated rings. The van der Waals surface area contributed by atoms with Gasteiger partial charge in [-0.15, -0.1) is 11.3 Å². The Kier molecular flexibility index (Phi) is 3.86. The lowest BCUT2D eigenvalue weighted by Crippen LogP contribution is -2.19. The highest BCUT2D eigenvalue weighted by Gasteiger charge is 2.14. The first-order valence-corrected chi connectivity index (χ1v) is 6.40. The minimum atomic E-state index is -0.185. The second-order valence-electron chi connectivity index (χ2n) is 3.97. The fourth-order valence-electron chi connectivity index (χ4n) is 1.93. The molecule has 0 amide bonds. The zero-order valence-corrected chi connectivity index (χ0v) is 10.7. The zero-order valence-electron chi connectivity index (χ0n) is 9.90. The number of thiazole rings is 1. The first kappa shape index (κ1) is 12.2.